The van der Waals surface area contributed by atoms with Crippen molar-refractivity contribution in [2.24, 2.45) is 23.7 Å². The van der Waals surface area contributed by atoms with Gasteiger partial charge in [-0.2, -0.15) is 0 Å². The fourth-order valence-electron chi connectivity index (χ4n) is 6.02. The van der Waals surface area contributed by atoms with Crippen LogP contribution in [0.5, 0.6) is 0 Å². The van der Waals surface area contributed by atoms with Crippen LogP contribution in [0.3, 0.4) is 0 Å². The number of fused-ring (bicyclic) bond motifs is 12. The van der Waals surface area contributed by atoms with Gasteiger partial charge in [-0.3, -0.25) is 0 Å². The topological polar surface area (TPSA) is 0 Å². The van der Waals surface area contributed by atoms with Crippen molar-refractivity contribution >= 4 is 0 Å². The van der Waals surface area contributed by atoms with Crippen molar-refractivity contribution in [2.75, 3.05) is 0 Å². The predicted molar refractivity (Wildman–Crippen MR) is 64.4 cm³/mol. The Morgan fingerprint density at radius 1 is 0.750 bits per heavy atom. The fourth-order valence-corrected chi connectivity index (χ4v) is 6.02. The molecule has 82 valence electrons. The molecule has 4 aliphatic rings. The molecule has 0 heterocycles. The van der Waals surface area contributed by atoms with Gasteiger partial charge >= 0.3 is 0 Å². The van der Waals surface area contributed by atoms with Crippen LogP contribution < -0.4 is 0 Å². The summed E-state index contributed by atoms with van der Waals surface area (Å²) in [6, 6.07) is 9.34. The van der Waals surface area contributed by atoms with E-state index < -0.39 is 0 Å². The van der Waals surface area contributed by atoms with Crippen LogP contribution in [-0.2, 0) is 0 Å². The molecular weight excluding hydrogens is 192 g/mol. The molecule has 0 aliphatic heterocycles. The third kappa shape index (κ3) is 0.752. The minimum atomic E-state index is 0.960. The first-order chi connectivity index (χ1) is 7.93. The highest BCUT2D eigenvalue weighted by Gasteiger charge is 2.61. The van der Waals surface area contributed by atoms with Crippen molar-refractivity contribution in [3.63, 3.8) is 0 Å². The van der Waals surface area contributed by atoms with Gasteiger partial charge in [-0.1, -0.05) is 24.3 Å². The molecule has 0 aromatic heterocycles. The summed E-state index contributed by atoms with van der Waals surface area (Å²) in [5, 5.41) is 0. The minimum Gasteiger partial charge on any atom is -0.0620 e. The molecule has 0 nitrogen and oxygen atoms in total. The Bertz CT molecular complexity index is 420. The van der Waals surface area contributed by atoms with Crippen LogP contribution in [0.15, 0.2) is 24.3 Å². The maximum absolute atomic E-state index is 2.42. The Kier molecular flexibility index (Phi) is 1.33. The van der Waals surface area contributed by atoms with Crippen molar-refractivity contribution in [1.29, 1.82) is 0 Å². The normalized spacial score (nSPS) is 50.8. The van der Waals surface area contributed by atoms with Crippen LogP contribution in [0, 0.1) is 23.7 Å². The van der Waals surface area contributed by atoms with Crippen LogP contribution >= 0.6 is 0 Å². The zero-order valence-electron chi connectivity index (χ0n) is 9.60. The summed E-state index contributed by atoms with van der Waals surface area (Å²) in [4.78, 5) is 0. The van der Waals surface area contributed by atoms with E-state index in [9.17, 15) is 0 Å². The average Bonchev–Trinajstić information content (AvgIpc) is 3.07. The molecule has 4 bridgehead atoms. The van der Waals surface area contributed by atoms with Crippen molar-refractivity contribution < 1.29 is 0 Å². The number of benzene rings is 1. The highest BCUT2D eigenvalue weighted by Crippen LogP contribution is 2.71. The maximum Gasteiger partial charge on any atom is -0.0119 e. The van der Waals surface area contributed by atoms with Crippen molar-refractivity contribution in [3.05, 3.63) is 35.4 Å². The minimum absolute atomic E-state index is 0.960. The standard InChI is InChI=1S/C16H18/c1-2-4-12-11(3-1)13-8-14(12)16-10-6-5-9(7-10)15(13)16/h1-4,9-10,13-16H,5-8H2/t9-,10-,13-,14-,15-,16-/m1/s1. The van der Waals surface area contributed by atoms with Crippen molar-refractivity contribution in [1.82, 2.24) is 0 Å². The second-order valence-corrected chi connectivity index (χ2v) is 6.57. The molecule has 1 aromatic carbocycles. The third-order valence-corrected chi connectivity index (χ3v) is 6.28. The molecule has 0 amide bonds. The van der Waals surface area contributed by atoms with E-state index in [2.05, 4.69) is 24.3 Å². The first kappa shape index (κ1) is 8.33. The van der Waals surface area contributed by atoms with Crippen LogP contribution in [0.4, 0.5) is 0 Å². The van der Waals surface area contributed by atoms with Gasteiger partial charge in [0.05, 0.1) is 0 Å². The Labute approximate surface area is 97.1 Å². The smallest absolute Gasteiger partial charge is 0.0119 e. The SMILES string of the molecule is c1ccc2c(c1)[C@H]1C[C@H]2[C@H]2[C@@H]3CC[C@H](C3)[C@@H]21. The lowest BCUT2D eigenvalue weighted by atomic mass is 9.69. The van der Waals surface area contributed by atoms with E-state index in [1.165, 1.54) is 6.42 Å². The first-order valence-corrected chi connectivity index (χ1v) is 7.02. The molecule has 0 N–H and O–H groups in total. The first-order valence-electron chi connectivity index (χ1n) is 7.02. The second kappa shape index (κ2) is 2.55. The number of rotatable bonds is 0. The molecule has 3 fully saturated rings. The summed E-state index contributed by atoms with van der Waals surface area (Å²) in [5.41, 5.74) is 3.47. The summed E-state index contributed by atoms with van der Waals surface area (Å²) in [7, 11) is 0. The summed E-state index contributed by atoms with van der Waals surface area (Å²) in [6.07, 6.45) is 6.19. The predicted octanol–water partition coefficient (Wildman–Crippen LogP) is 3.93. The average molecular weight is 210 g/mol. The lowest BCUT2D eigenvalue weighted by Crippen LogP contribution is -2.27. The van der Waals surface area contributed by atoms with Gasteiger partial charge in [-0.25, -0.2) is 0 Å². The molecule has 6 atom stereocenters. The van der Waals surface area contributed by atoms with E-state index in [0.717, 1.165) is 35.5 Å². The molecule has 0 heteroatoms. The van der Waals surface area contributed by atoms with Gasteiger partial charge in [-0.05, 0) is 72.3 Å². The van der Waals surface area contributed by atoms with Gasteiger partial charge in [-0.15, -0.1) is 0 Å². The molecule has 0 spiro atoms. The van der Waals surface area contributed by atoms with Gasteiger partial charge in [0, 0.05) is 0 Å². The molecule has 0 saturated heterocycles. The van der Waals surface area contributed by atoms with E-state index in [4.69, 9.17) is 0 Å². The molecule has 0 unspecified atom stereocenters. The molecule has 5 rings (SSSR count). The maximum atomic E-state index is 2.42. The summed E-state index contributed by atoms with van der Waals surface area (Å²) in [5.74, 6) is 6.33. The Morgan fingerprint density at radius 2 is 1.31 bits per heavy atom. The quantitative estimate of drug-likeness (QED) is 0.569. The van der Waals surface area contributed by atoms with Crippen LogP contribution in [0.25, 0.3) is 0 Å². The zero-order valence-corrected chi connectivity index (χ0v) is 9.60. The molecule has 3 saturated carbocycles. The van der Waals surface area contributed by atoms with Gasteiger partial charge in [0.2, 0.25) is 0 Å². The zero-order chi connectivity index (χ0) is 10.3. The van der Waals surface area contributed by atoms with E-state index in [-0.39, 0.29) is 0 Å². The lowest BCUT2D eigenvalue weighted by molar-refractivity contribution is 0.218. The lowest BCUT2D eigenvalue weighted by Gasteiger charge is -2.35. The number of hydrogen-bond donors (Lipinski definition) is 0. The molecular formula is C16H18. The van der Waals surface area contributed by atoms with E-state index in [0.29, 0.717) is 0 Å². The van der Waals surface area contributed by atoms with Gasteiger partial charge in [0.25, 0.3) is 0 Å². The van der Waals surface area contributed by atoms with E-state index in [1.807, 2.05) is 0 Å². The Balaban J connectivity index is 1.71. The molecule has 4 aliphatic carbocycles. The Hall–Kier alpha value is -0.780. The van der Waals surface area contributed by atoms with Gasteiger partial charge in [0.15, 0.2) is 0 Å². The third-order valence-electron chi connectivity index (χ3n) is 6.28. The van der Waals surface area contributed by atoms with Crippen LogP contribution in [0.1, 0.15) is 48.6 Å². The fraction of sp³-hybridized carbons (Fsp3) is 0.625. The van der Waals surface area contributed by atoms with Crippen LogP contribution in [-0.4, -0.2) is 0 Å². The van der Waals surface area contributed by atoms with Gasteiger partial charge in [0.1, 0.15) is 0 Å². The Morgan fingerprint density at radius 3 is 1.88 bits per heavy atom. The monoisotopic (exact) mass is 210 g/mol. The van der Waals surface area contributed by atoms with Crippen LogP contribution in [0.2, 0.25) is 0 Å². The van der Waals surface area contributed by atoms with E-state index >= 15 is 0 Å². The number of hydrogen-bond acceptors (Lipinski definition) is 0. The van der Waals surface area contributed by atoms with Crippen molar-refractivity contribution in [2.45, 2.75) is 37.5 Å². The molecule has 1 aromatic rings. The molecule has 0 radical (unpaired) electrons. The second-order valence-electron chi connectivity index (χ2n) is 6.57. The van der Waals surface area contributed by atoms with E-state index in [1.54, 1.807) is 30.4 Å². The highest BCUT2D eigenvalue weighted by molar-refractivity contribution is 5.44. The summed E-state index contributed by atoms with van der Waals surface area (Å²) >= 11 is 0. The van der Waals surface area contributed by atoms with Crippen molar-refractivity contribution in [3.8, 4) is 0 Å². The highest BCUT2D eigenvalue weighted by atomic mass is 14.6. The summed E-state index contributed by atoms with van der Waals surface area (Å²) < 4.78 is 0. The summed E-state index contributed by atoms with van der Waals surface area (Å²) in [6.45, 7) is 0. The largest absolute Gasteiger partial charge is 0.0620 e. The molecule has 16 heavy (non-hydrogen) atoms. The van der Waals surface area contributed by atoms with Gasteiger partial charge < -0.3 is 0 Å².